The number of terminal acetylenes is 1. The number of rotatable bonds is 5. The molecular formula is C14H13NO5S. The maximum Gasteiger partial charge on any atom is 0.372 e. The summed E-state index contributed by atoms with van der Waals surface area (Å²) < 4.78 is 31.7. The van der Waals surface area contributed by atoms with Crippen LogP contribution in [0.2, 0.25) is 0 Å². The maximum absolute atomic E-state index is 12.1. The van der Waals surface area contributed by atoms with Crippen molar-refractivity contribution in [3.05, 3.63) is 29.5 Å². The van der Waals surface area contributed by atoms with Crippen LogP contribution in [-0.2, 0) is 10.0 Å². The summed E-state index contributed by atoms with van der Waals surface area (Å²) in [5, 5.41) is 9.45. The fourth-order valence-corrected chi connectivity index (χ4v) is 2.97. The van der Waals surface area contributed by atoms with Crippen LogP contribution in [0.15, 0.2) is 27.5 Å². The van der Waals surface area contributed by atoms with Gasteiger partial charge in [0.05, 0.1) is 4.90 Å². The lowest BCUT2D eigenvalue weighted by molar-refractivity contribution is 0.0664. The van der Waals surface area contributed by atoms with Gasteiger partial charge >= 0.3 is 5.97 Å². The van der Waals surface area contributed by atoms with E-state index in [0.29, 0.717) is 16.5 Å². The van der Waals surface area contributed by atoms with E-state index in [4.69, 9.17) is 15.9 Å². The van der Waals surface area contributed by atoms with Crippen LogP contribution in [0.25, 0.3) is 11.0 Å². The fraction of sp³-hybridized carbons (Fsp3) is 0.214. The lowest BCUT2D eigenvalue weighted by Crippen LogP contribution is -2.24. The normalized spacial score (nSPS) is 11.4. The standard InChI is InChI=1S/C14H13NO5S/c1-3-4-7-15-21(18,19)10-5-6-12-11(8-10)9(2)13(20-12)14(16)17/h1,5-6,8,15H,4,7H2,2H3,(H,16,17). The second-order valence-electron chi connectivity index (χ2n) is 4.37. The summed E-state index contributed by atoms with van der Waals surface area (Å²) in [5.41, 5.74) is 0.714. The first-order valence-electron chi connectivity index (χ1n) is 6.06. The van der Waals surface area contributed by atoms with Crippen molar-refractivity contribution >= 4 is 27.0 Å². The van der Waals surface area contributed by atoms with E-state index in [1.54, 1.807) is 6.92 Å². The van der Waals surface area contributed by atoms with Gasteiger partial charge in [-0.3, -0.25) is 0 Å². The second-order valence-corrected chi connectivity index (χ2v) is 6.14. The zero-order valence-corrected chi connectivity index (χ0v) is 12.0. The second kappa shape index (κ2) is 5.60. The van der Waals surface area contributed by atoms with Crippen molar-refractivity contribution in [1.29, 1.82) is 0 Å². The van der Waals surface area contributed by atoms with E-state index in [-0.39, 0.29) is 23.6 Å². The first-order valence-corrected chi connectivity index (χ1v) is 7.54. The molecule has 0 aliphatic rings. The first kappa shape index (κ1) is 15.1. The molecule has 0 amide bonds. The van der Waals surface area contributed by atoms with Gasteiger partial charge in [-0.15, -0.1) is 12.3 Å². The molecule has 0 spiro atoms. The Kier molecular flexibility index (Phi) is 4.02. The Morgan fingerprint density at radius 1 is 1.48 bits per heavy atom. The minimum Gasteiger partial charge on any atom is -0.475 e. The molecule has 0 atom stereocenters. The number of fused-ring (bicyclic) bond motifs is 1. The van der Waals surface area contributed by atoms with Crippen LogP contribution in [0.1, 0.15) is 22.5 Å². The highest BCUT2D eigenvalue weighted by atomic mass is 32.2. The van der Waals surface area contributed by atoms with Crippen LogP contribution in [0.3, 0.4) is 0 Å². The van der Waals surface area contributed by atoms with E-state index in [1.807, 2.05) is 0 Å². The van der Waals surface area contributed by atoms with Gasteiger partial charge in [-0.05, 0) is 25.1 Å². The molecule has 110 valence electrons. The minimum absolute atomic E-state index is 0.0351. The lowest BCUT2D eigenvalue weighted by Gasteiger charge is -2.05. The monoisotopic (exact) mass is 307 g/mol. The summed E-state index contributed by atoms with van der Waals surface area (Å²) in [4.78, 5) is 11.0. The largest absolute Gasteiger partial charge is 0.475 e. The third kappa shape index (κ3) is 2.91. The summed E-state index contributed by atoms with van der Waals surface area (Å²) in [7, 11) is -3.69. The Hall–Kier alpha value is -2.30. The third-order valence-corrected chi connectivity index (χ3v) is 4.43. The van der Waals surface area contributed by atoms with E-state index < -0.39 is 16.0 Å². The Bertz CT molecular complexity index is 842. The number of sulfonamides is 1. The van der Waals surface area contributed by atoms with E-state index in [2.05, 4.69) is 10.6 Å². The van der Waals surface area contributed by atoms with E-state index in [0.717, 1.165) is 0 Å². The van der Waals surface area contributed by atoms with Crippen molar-refractivity contribution in [1.82, 2.24) is 4.72 Å². The van der Waals surface area contributed by atoms with E-state index >= 15 is 0 Å². The van der Waals surface area contributed by atoms with Gasteiger partial charge in [0.15, 0.2) is 0 Å². The molecule has 1 aromatic heterocycles. The van der Waals surface area contributed by atoms with Gasteiger partial charge in [-0.1, -0.05) is 0 Å². The topological polar surface area (TPSA) is 96.6 Å². The Morgan fingerprint density at radius 3 is 2.81 bits per heavy atom. The molecule has 6 nitrogen and oxygen atoms in total. The lowest BCUT2D eigenvalue weighted by atomic mass is 10.1. The number of carboxylic acids is 1. The predicted molar refractivity (Wildman–Crippen MR) is 76.5 cm³/mol. The van der Waals surface area contributed by atoms with Crippen LogP contribution in [0.4, 0.5) is 0 Å². The van der Waals surface area contributed by atoms with Crippen LogP contribution < -0.4 is 4.72 Å². The molecule has 2 aromatic rings. The number of benzene rings is 1. The molecule has 0 aliphatic heterocycles. The molecule has 0 aliphatic carbocycles. The van der Waals surface area contributed by atoms with Crippen molar-refractivity contribution in [3.63, 3.8) is 0 Å². The van der Waals surface area contributed by atoms with E-state index in [9.17, 15) is 13.2 Å². The smallest absolute Gasteiger partial charge is 0.372 e. The number of carbonyl (C=O) groups is 1. The van der Waals surface area contributed by atoms with Gasteiger partial charge in [0.1, 0.15) is 5.58 Å². The van der Waals surface area contributed by atoms with Crippen LogP contribution >= 0.6 is 0 Å². The molecule has 7 heteroatoms. The number of carboxylic acid groups (broad SMARTS) is 1. The molecule has 0 saturated carbocycles. The quantitative estimate of drug-likeness (QED) is 0.648. The Balaban J connectivity index is 2.46. The SMILES string of the molecule is C#CCCNS(=O)(=O)c1ccc2oc(C(=O)O)c(C)c2c1. The summed E-state index contributed by atoms with van der Waals surface area (Å²) in [6.07, 6.45) is 5.36. The molecule has 2 N–H and O–H groups in total. The van der Waals surface area contributed by atoms with Gasteiger partial charge in [-0.2, -0.15) is 0 Å². The van der Waals surface area contributed by atoms with E-state index in [1.165, 1.54) is 18.2 Å². The minimum atomic E-state index is -3.69. The summed E-state index contributed by atoms with van der Waals surface area (Å²) in [6.45, 7) is 1.71. The summed E-state index contributed by atoms with van der Waals surface area (Å²) in [5.74, 6) is 0.950. The third-order valence-electron chi connectivity index (χ3n) is 2.97. The van der Waals surface area contributed by atoms with Gasteiger partial charge < -0.3 is 9.52 Å². The van der Waals surface area contributed by atoms with Crippen LogP contribution in [0, 0.1) is 19.3 Å². The van der Waals surface area contributed by atoms with Crippen LogP contribution in [-0.4, -0.2) is 26.0 Å². The zero-order valence-electron chi connectivity index (χ0n) is 11.2. The predicted octanol–water partition coefficient (Wildman–Crippen LogP) is 1.74. The molecule has 0 unspecified atom stereocenters. The molecule has 0 bridgehead atoms. The molecule has 21 heavy (non-hydrogen) atoms. The molecule has 1 heterocycles. The molecular weight excluding hydrogens is 294 g/mol. The molecule has 1 aromatic carbocycles. The molecule has 2 rings (SSSR count). The highest BCUT2D eigenvalue weighted by Gasteiger charge is 2.20. The van der Waals surface area contributed by atoms with Crippen molar-refractivity contribution in [2.45, 2.75) is 18.2 Å². The number of nitrogens with one attached hydrogen (secondary N) is 1. The fourth-order valence-electron chi connectivity index (χ4n) is 1.91. The average molecular weight is 307 g/mol. The number of aromatic carboxylic acids is 1. The Labute approximate surface area is 121 Å². The molecule has 0 saturated heterocycles. The molecule has 0 fully saturated rings. The van der Waals surface area contributed by atoms with Gasteiger partial charge in [0, 0.05) is 23.9 Å². The van der Waals surface area contributed by atoms with Crippen molar-refractivity contribution in [2.75, 3.05) is 6.54 Å². The average Bonchev–Trinajstić information content (AvgIpc) is 2.76. The maximum atomic E-state index is 12.1. The zero-order chi connectivity index (χ0) is 15.6. The first-order chi connectivity index (χ1) is 9.86. The summed E-state index contributed by atoms with van der Waals surface area (Å²) in [6, 6.07) is 4.18. The molecule has 0 radical (unpaired) electrons. The summed E-state index contributed by atoms with van der Waals surface area (Å²) >= 11 is 0. The Morgan fingerprint density at radius 2 is 2.19 bits per heavy atom. The number of hydrogen-bond donors (Lipinski definition) is 2. The van der Waals surface area contributed by atoms with Crippen molar-refractivity contribution in [3.8, 4) is 12.3 Å². The van der Waals surface area contributed by atoms with Gasteiger partial charge in [0.2, 0.25) is 15.8 Å². The highest BCUT2D eigenvalue weighted by Crippen LogP contribution is 2.27. The number of hydrogen-bond acceptors (Lipinski definition) is 4. The van der Waals surface area contributed by atoms with Crippen molar-refractivity contribution in [2.24, 2.45) is 0 Å². The van der Waals surface area contributed by atoms with Gasteiger partial charge in [-0.25, -0.2) is 17.9 Å². The van der Waals surface area contributed by atoms with Crippen LogP contribution in [0.5, 0.6) is 0 Å². The van der Waals surface area contributed by atoms with Gasteiger partial charge in [0.25, 0.3) is 0 Å². The van der Waals surface area contributed by atoms with Crippen molar-refractivity contribution < 1.29 is 22.7 Å². The number of aryl methyl sites for hydroxylation is 1. The highest BCUT2D eigenvalue weighted by molar-refractivity contribution is 7.89. The number of furan rings is 1.